The molecule has 0 aliphatic rings. The normalized spacial score (nSPS) is 11.2. The molecule has 98 valence electrons. The molecule has 1 rings (SSSR count). The second-order valence-electron chi connectivity index (χ2n) is 3.84. The third kappa shape index (κ3) is 3.81. The molecule has 0 aromatic heterocycles. The van der Waals surface area contributed by atoms with Gasteiger partial charge < -0.3 is 5.32 Å². The average Bonchev–Trinajstić information content (AvgIpc) is 2.34. The van der Waals surface area contributed by atoms with Crippen molar-refractivity contribution in [3.63, 3.8) is 0 Å². The zero-order valence-corrected chi connectivity index (χ0v) is 11.3. The number of nitrogens with zero attached hydrogens (tertiary/aromatic N) is 1. The minimum absolute atomic E-state index is 0.190. The highest BCUT2D eigenvalue weighted by Crippen LogP contribution is 2.14. The summed E-state index contributed by atoms with van der Waals surface area (Å²) in [6.45, 7) is 5.41. The van der Waals surface area contributed by atoms with Crippen LogP contribution in [0.4, 0.5) is 0 Å². The summed E-state index contributed by atoms with van der Waals surface area (Å²) in [7, 11) is -3.49. The highest BCUT2D eigenvalue weighted by atomic mass is 32.2. The molecule has 0 spiro atoms. The van der Waals surface area contributed by atoms with Gasteiger partial charge in [-0.15, -0.1) is 0 Å². The Morgan fingerprint density at radius 3 is 2.61 bits per heavy atom. The van der Waals surface area contributed by atoms with E-state index in [9.17, 15) is 8.42 Å². The molecule has 18 heavy (non-hydrogen) atoms. The average molecular weight is 267 g/mol. The third-order valence-electron chi connectivity index (χ3n) is 2.47. The predicted molar refractivity (Wildman–Crippen MR) is 69.6 cm³/mol. The van der Waals surface area contributed by atoms with Crippen molar-refractivity contribution in [3.8, 4) is 6.07 Å². The molecule has 1 aromatic rings. The van der Waals surface area contributed by atoms with E-state index in [4.69, 9.17) is 5.26 Å². The molecule has 5 nitrogen and oxygen atoms in total. The van der Waals surface area contributed by atoms with E-state index >= 15 is 0 Å². The van der Waals surface area contributed by atoms with E-state index in [-0.39, 0.29) is 4.90 Å². The van der Waals surface area contributed by atoms with Crippen LogP contribution in [0.5, 0.6) is 0 Å². The van der Waals surface area contributed by atoms with Gasteiger partial charge in [-0.25, -0.2) is 13.1 Å². The third-order valence-corrected chi connectivity index (χ3v) is 3.93. The van der Waals surface area contributed by atoms with Gasteiger partial charge in [-0.05, 0) is 37.2 Å². The van der Waals surface area contributed by atoms with Gasteiger partial charge in [-0.3, -0.25) is 0 Å². The SMILES string of the molecule is CCNCCNS(=O)(=O)c1ccc(C#N)c(C)c1. The van der Waals surface area contributed by atoms with Crippen LogP contribution in [-0.2, 0) is 10.0 Å². The molecule has 2 N–H and O–H groups in total. The number of benzene rings is 1. The summed E-state index contributed by atoms with van der Waals surface area (Å²) >= 11 is 0. The molecule has 0 atom stereocenters. The predicted octanol–water partition coefficient (Wildman–Crippen LogP) is 0.755. The standard InChI is InChI=1S/C12H17N3O2S/c1-3-14-6-7-15-18(16,17)12-5-4-11(9-13)10(2)8-12/h4-5,8,14-15H,3,6-7H2,1-2H3. The lowest BCUT2D eigenvalue weighted by Gasteiger charge is -2.08. The molecule has 0 bridgehead atoms. The van der Waals surface area contributed by atoms with Crippen molar-refractivity contribution in [1.82, 2.24) is 10.0 Å². The van der Waals surface area contributed by atoms with Crippen molar-refractivity contribution in [1.29, 1.82) is 5.26 Å². The van der Waals surface area contributed by atoms with Gasteiger partial charge in [0.2, 0.25) is 10.0 Å². The van der Waals surface area contributed by atoms with Crippen LogP contribution in [0.2, 0.25) is 0 Å². The molecule has 0 unspecified atom stereocenters. The first-order chi connectivity index (χ1) is 8.51. The second-order valence-corrected chi connectivity index (χ2v) is 5.61. The summed E-state index contributed by atoms with van der Waals surface area (Å²) in [6, 6.07) is 6.48. The summed E-state index contributed by atoms with van der Waals surface area (Å²) in [5.41, 5.74) is 1.15. The fraction of sp³-hybridized carbons (Fsp3) is 0.417. The van der Waals surface area contributed by atoms with Gasteiger partial charge in [-0.1, -0.05) is 6.92 Å². The maximum Gasteiger partial charge on any atom is 0.240 e. The molecule has 0 amide bonds. The van der Waals surface area contributed by atoms with E-state index < -0.39 is 10.0 Å². The Bertz CT molecular complexity index is 547. The molecule has 0 saturated heterocycles. The van der Waals surface area contributed by atoms with Crippen molar-refractivity contribution < 1.29 is 8.42 Å². The topological polar surface area (TPSA) is 82.0 Å². The van der Waals surface area contributed by atoms with E-state index in [2.05, 4.69) is 10.0 Å². The number of nitriles is 1. The molecule has 0 fully saturated rings. The first-order valence-corrected chi connectivity index (χ1v) is 7.20. The lowest BCUT2D eigenvalue weighted by atomic mass is 10.1. The maximum atomic E-state index is 11.9. The number of hydrogen-bond acceptors (Lipinski definition) is 4. The summed E-state index contributed by atoms with van der Waals surface area (Å²) in [5.74, 6) is 0. The molecular weight excluding hydrogens is 250 g/mol. The lowest BCUT2D eigenvalue weighted by Crippen LogP contribution is -2.31. The van der Waals surface area contributed by atoms with Crippen LogP contribution in [-0.4, -0.2) is 28.1 Å². The van der Waals surface area contributed by atoms with Crippen molar-refractivity contribution in [2.75, 3.05) is 19.6 Å². The van der Waals surface area contributed by atoms with E-state index in [1.54, 1.807) is 6.92 Å². The molecule has 0 aliphatic carbocycles. The van der Waals surface area contributed by atoms with E-state index in [1.807, 2.05) is 13.0 Å². The number of aryl methyl sites for hydroxylation is 1. The highest BCUT2D eigenvalue weighted by Gasteiger charge is 2.14. The van der Waals surface area contributed by atoms with Gasteiger partial charge in [0.05, 0.1) is 16.5 Å². The van der Waals surface area contributed by atoms with Crippen LogP contribution in [0.25, 0.3) is 0 Å². The molecular formula is C12H17N3O2S. The molecule has 1 aromatic carbocycles. The first kappa shape index (κ1) is 14.6. The van der Waals surface area contributed by atoms with Crippen LogP contribution in [0.1, 0.15) is 18.1 Å². The zero-order chi connectivity index (χ0) is 13.6. The monoisotopic (exact) mass is 267 g/mol. The molecule has 6 heteroatoms. The Kier molecular flexibility index (Phi) is 5.28. The minimum Gasteiger partial charge on any atom is -0.316 e. The lowest BCUT2D eigenvalue weighted by molar-refractivity contribution is 0.577. The van der Waals surface area contributed by atoms with Gasteiger partial charge in [0.25, 0.3) is 0 Å². The largest absolute Gasteiger partial charge is 0.316 e. The Balaban J connectivity index is 2.80. The first-order valence-electron chi connectivity index (χ1n) is 5.72. The van der Waals surface area contributed by atoms with Crippen molar-refractivity contribution >= 4 is 10.0 Å². The number of nitrogens with one attached hydrogen (secondary N) is 2. The van der Waals surface area contributed by atoms with Crippen LogP contribution < -0.4 is 10.0 Å². The number of rotatable bonds is 6. The summed E-state index contributed by atoms with van der Waals surface area (Å²) in [5, 5.41) is 11.8. The Morgan fingerprint density at radius 1 is 1.33 bits per heavy atom. The van der Waals surface area contributed by atoms with Crippen molar-refractivity contribution in [2.24, 2.45) is 0 Å². The Labute approximate surface area is 108 Å². The fourth-order valence-corrected chi connectivity index (χ4v) is 2.58. The number of likely N-dealkylation sites (N-methyl/N-ethyl adjacent to an activating group) is 1. The highest BCUT2D eigenvalue weighted by molar-refractivity contribution is 7.89. The van der Waals surface area contributed by atoms with E-state index in [1.165, 1.54) is 18.2 Å². The Hall–Kier alpha value is -1.42. The van der Waals surface area contributed by atoms with Crippen LogP contribution >= 0.6 is 0 Å². The van der Waals surface area contributed by atoms with Gasteiger partial charge in [0.1, 0.15) is 0 Å². The molecule has 0 radical (unpaired) electrons. The minimum atomic E-state index is -3.49. The quantitative estimate of drug-likeness (QED) is 0.745. The Morgan fingerprint density at radius 2 is 2.06 bits per heavy atom. The summed E-state index contributed by atoms with van der Waals surface area (Å²) in [4.78, 5) is 0.190. The molecule has 0 heterocycles. The van der Waals surface area contributed by atoms with Crippen LogP contribution in [0, 0.1) is 18.3 Å². The van der Waals surface area contributed by atoms with Crippen LogP contribution in [0.15, 0.2) is 23.1 Å². The number of hydrogen-bond donors (Lipinski definition) is 2. The summed E-state index contributed by atoms with van der Waals surface area (Å²) < 4.78 is 26.4. The summed E-state index contributed by atoms with van der Waals surface area (Å²) in [6.07, 6.45) is 0. The van der Waals surface area contributed by atoms with E-state index in [0.717, 1.165) is 6.54 Å². The van der Waals surface area contributed by atoms with Crippen LogP contribution in [0.3, 0.4) is 0 Å². The van der Waals surface area contributed by atoms with Gasteiger partial charge in [0, 0.05) is 13.1 Å². The smallest absolute Gasteiger partial charge is 0.240 e. The fourth-order valence-electron chi connectivity index (χ4n) is 1.46. The van der Waals surface area contributed by atoms with Gasteiger partial charge >= 0.3 is 0 Å². The molecule has 0 aliphatic heterocycles. The van der Waals surface area contributed by atoms with Crippen molar-refractivity contribution in [2.45, 2.75) is 18.7 Å². The van der Waals surface area contributed by atoms with Crippen molar-refractivity contribution in [3.05, 3.63) is 29.3 Å². The molecule has 0 saturated carbocycles. The number of sulfonamides is 1. The van der Waals surface area contributed by atoms with Gasteiger partial charge in [0.15, 0.2) is 0 Å². The zero-order valence-electron chi connectivity index (χ0n) is 10.5. The maximum absolute atomic E-state index is 11.9. The van der Waals surface area contributed by atoms with Gasteiger partial charge in [-0.2, -0.15) is 5.26 Å². The second kappa shape index (κ2) is 6.50. The van der Waals surface area contributed by atoms with E-state index in [0.29, 0.717) is 24.2 Å².